The topological polar surface area (TPSA) is 75.4 Å². The number of nitrogens with zero attached hydrogens (tertiary/aromatic N) is 1. The first-order chi connectivity index (χ1) is 13.0. The van der Waals surface area contributed by atoms with Gasteiger partial charge in [-0.3, -0.25) is 10.1 Å². The minimum absolute atomic E-state index is 0.0424. The first-order valence-electron chi connectivity index (χ1n) is 7.87. The van der Waals surface area contributed by atoms with Crippen LogP contribution in [-0.4, -0.2) is 10.0 Å². The fourth-order valence-electron chi connectivity index (χ4n) is 2.41. The molecule has 138 valence electrons. The summed E-state index contributed by atoms with van der Waals surface area (Å²) in [4.78, 5) is 12.0. The van der Waals surface area contributed by atoms with Gasteiger partial charge in [-0.25, -0.2) is 4.39 Å². The van der Waals surface area contributed by atoms with Gasteiger partial charge in [0.25, 0.3) is 5.69 Å². The molecular formula is C19H14ClFN2O3S. The van der Waals surface area contributed by atoms with E-state index in [2.05, 4.69) is 5.32 Å². The maximum atomic E-state index is 13.7. The van der Waals surface area contributed by atoms with Crippen LogP contribution in [0.2, 0.25) is 5.02 Å². The van der Waals surface area contributed by atoms with E-state index in [-0.39, 0.29) is 12.2 Å². The molecular weight excluding hydrogens is 391 g/mol. The molecule has 0 aliphatic heterocycles. The molecule has 0 spiro atoms. The van der Waals surface area contributed by atoms with Crippen LogP contribution in [0.5, 0.6) is 5.75 Å². The molecule has 3 rings (SSSR count). The lowest BCUT2D eigenvalue weighted by Gasteiger charge is -2.13. The number of phenolic OH excluding ortho intramolecular Hbond substituents is 1. The fraction of sp³-hybridized carbons (Fsp3) is 0.0526. The normalized spacial score (nSPS) is 10.6. The van der Waals surface area contributed by atoms with E-state index in [0.29, 0.717) is 11.1 Å². The number of anilines is 1. The first-order valence-corrected chi connectivity index (χ1v) is 9.06. The van der Waals surface area contributed by atoms with Crippen molar-refractivity contribution < 1.29 is 14.4 Å². The Kier molecular flexibility index (Phi) is 5.83. The lowest BCUT2D eigenvalue weighted by atomic mass is 10.2. The highest BCUT2D eigenvalue weighted by atomic mass is 35.5. The van der Waals surface area contributed by atoms with Gasteiger partial charge in [0.15, 0.2) is 11.6 Å². The molecule has 0 amide bonds. The van der Waals surface area contributed by atoms with E-state index in [4.69, 9.17) is 11.6 Å². The number of phenols is 1. The molecule has 5 nitrogen and oxygen atoms in total. The van der Waals surface area contributed by atoms with Crippen LogP contribution in [0, 0.1) is 15.9 Å². The van der Waals surface area contributed by atoms with Crippen molar-refractivity contribution in [3.63, 3.8) is 0 Å². The Morgan fingerprint density at radius 1 is 1.11 bits per heavy atom. The highest BCUT2D eigenvalue weighted by Gasteiger charge is 2.16. The lowest BCUT2D eigenvalue weighted by Crippen LogP contribution is -2.03. The fourth-order valence-corrected chi connectivity index (χ4v) is 3.63. The SMILES string of the molecule is O=[N+]([O-])c1cc(F)c(O)c(NCc2ccccc2Sc2ccccc2Cl)c1. The second kappa shape index (κ2) is 8.28. The van der Waals surface area contributed by atoms with Gasteiger partial charge in [-0.05, 0) is 23.8 Å². The third-order valence-corrected chi connectivity index (χ3v) is 5.39. The predicted octanol–water partition coefficient (Wildman–Crippen LogP) is 5.86. The second-order valence-corrected chi connectivity index (χ2v) is 7.07. The number of benzene rings is 3. The molecule has 0 fully saturated rings. The van der Waals surface area contributed by atoms with Gasteiger partial charge >= 0.3 is 0 Å². The van der Waals surface area contributed by atoms with Crippen LogP contribution in [0.3, 0.4) is 0 Å². The molecule has 0 aliphatic carbocycles. The number of non-ortho nitro benzene ring substituents is 1. The zero-order valence-electron chi connectivity index (χ0n) is 13.9. The summed E-state index contributed by atoms with van der Waals surface area (Å²) < 4.78 is 13.7. The van der Waals surface area contributed by atoms with Crippen molar-refractivity contribution in [2.45, 2.75) is 16.3 Å². The van der Waals surface area contributed by atoms with Crippen molar-refractivity contribution in [1.82, 2.24) is 0 Å². The van der Waals surface area contributed by atoms with Crippen molar-refractivity contribution in [3.05, 3.63) is 87.2 Å². The maximum Gasteiger partial charge on any atom is 0.274 e. The number of hydrogen-bond acceptors (Lipinski definition) is 5. The molecule has 3 aromatic rings. The minimum atomic E-state index is -1.05. The van der Waals surface area contributed by atoms with Crippen molar-refractivity contribution in [1.29, 1.82) is 0 Å². The maximum absolute atomic E-state index is 13.7. The van der Waals surface area contributed by atoms with Crippen molar-refractivity contribution in [2.24, 2.45) is 0 Å². The number of nitro groups is 1. The predicted molar refractivity (Wildman–Crippen MR) is 104 cm³/mol. The molecule has 0 radical (unpaired) electrons. The number of nitrogens with one attached hydrogen (secondary N) is 1. The van der Waals surface area contributed by atoms with E-state index in [1.54, 1.807) is 6.07 Å². The summed E-state index contributed by atoms with van der Waals surface area (Å²) in [5, 5.41) is 24.2. The zero-order valence-corrected chi connectivity index (χ0v) is 15.4. The van der Waals surface area contributed by atoms with Gasteiger partial charge in [0.05, 0.1) is 21.7 Å². The number of rotatable bonds is 6. The third-order valence-electron chi connectivity index (χ3n) is 3.76. The average Bonchev–Trinajstić information content (AvgIpc) is 2.65. The number of nitro benzene ring substituents is 1. The average molecular weight is 405 g/mol. The molecule has 0 saturated carbocycles. The van der Waals surface area contributed by atoms with Crippen molar-refractivity contribution in [3.8, 4) is 5.75 Å². The van der Waals surface area contributed by atoms with E-state index < -0.39 is 22.2 Å². The molecule has 27 heavy (non-hydrogen) atoms. The molecule has 0 bridgehead atoms. The molecule has 0 aromatic heterocycles. The van der Waals surface area contributed by atoms with E-state index in [1.807, 2.05) is 42.5 Å². The van der Waals surface area contributed by atoms with E-state index >= 15 is 0 Å². The van der Waals surface area contributed by atoms with E-state index in [1.165, 1.54) is 11.8 Å². The molecule has 3 aromatic carbocycles. The van der Waals surface area contributed by atoms with Gasteiger partial charge in [-0.2, -0.15) is 0 Å². The molecule has 0 aliphatic rings. The first kappa shape index (κ1) is 19.0. The van der Waals surface area contributed by atoms with Crippen LogP contribution in [-0.2, 0) is 6.54 Å². The summed E-state index contributed by atoms with van der Waals surface area (Å²) in [6, 6.07) is 16.7. The second-order valence-electron chi connectivity index (χ2n) is 5.57. The Bertz CT molecular complexity index is 1000. The Morgan fingerprint density at radius 3 is 2.48 bits per heavy atom. The Hall–Kier alpha value is -2.77. The smallest absolute Gasteiger partial charge is 0.274 e. The van der Waals surface area contributed by atoms with Gasteiger partial charge in [0.2, 0.25) is 0 Å². The van der Waals surface area contributed by atoms with Crippen molar-refractivity contribution >= 4 is 34.7 Å². The Labute approximate surface area is 163 Å². The summed E-state index contributed by atoms with van der Waals surface area (Å²) in [7, 11) is 0. The van der Waals surface area contributed by atoms with Crippen LogP contribution in [0.1, 0.15) is 5.56 Å². The van der Waals surface area contributed by atoms with Gasteiger partial charge in [-0.1, -0.05) is 53.7 Å². The number of aromatic hydroxyl groups is 1. The molecule has 0 saturated heterocycles. The zero-order chi connectivity index (χ0) is 19.4. The largest absolute Gasteiger partial charge is 0.503 e. The monoisotopic (exact) mass is 404 g/mol. The molecule has 0 unspecified atom stereocenters. The summed E-state index contributed by atoms with van der Waals surface area (Å²) in [5.74, 6) is -1.71. The minimum Gasteiger partial charge on any atom is -0.503 e. The molecule has 0 heterocycles. The van der Waals surface area contributed by atoms with Gasteiger partial charge in [0.1, 0.15) is 0 Å². The highest BCUT2D eigenvalue weighted by molar-refractivity contribution is 7.99. The summed E-state index contributed by atoms with van der Waals surface area (Å²) in [6.07, 6.45) is 0. The van der Waals surface area contributed by atoms with Crippen LogP contribution in [0.15, 0.2) is 70.5 Å². The number of hydrogen-bond donors (Lipinski definition) is 2. The van der Waals surface area contributed by atoms with Gasteiger partial charge in [-0.15, -0.1) is 0 Å². The summed E-state index contributed by atoms with van der Waals surface area (Å²) in [5.41, 5.74) is 0.388. The summed E-state index contributed by atoms with van der Waals surface area (Å²) >= 11 is 7.68. The summed E-state index contributed by atoms with van der Waals surface area (Å²) in [6.45, 7) is 0.238. The lowest BCUT2D eigenvalue weighted by molar-refractivity contribution is -0.385. The van der Waals surface area contributed by atoms with Crippen LogP contribution in [0.25, 0.3) is 0 Å². The Balaban J connectivity index is 1.84. The quantitative estimate of drug-likeness (QED) is 0.306. The van der Waals surface area contributed by atoms with Gasteiger partial charge < -0.3 is 10.4 Å². The van der Waals surface area contributed by atoms with Crippen molar-refractivity contribution in [2.75, 3.05) is 5.32 Å². The van der Waals surface area contributed by atoms with Crippen LogP contribution in [0.4, 0.5) is 15.8 Å². The third kappa shape index (κ3) is 4.50. The molecule has 8 heteroatoms. The van der Waals surface area contributed by atoms with Gasteiger partial charge in [0, 0.05) is 22.4 Å². The highest BCUT2D eigenvalue weighted by Crippen LogP contribution is 2.36. The molecule has 2 N–H and O–H groups in total. The van der Waals surface area contributed by atoms with E-state index in [0.717, 1.165) is 21.4 Å². The number of halogens is 2. The standard InChI is InChI=1S/C19H14ClFN2O3S/c20-14-6-2-4-8-18(14)27-17-7-3-1-5-12(17)11-22-16-10-13(23(25)26)9-15(21)19(16)24/h1-10,22,24H,11H2. The molecule has 0 atom stereocenters. The van der Waals surface area contributed by atoms with Crippen LogP contribution >= 0.6 is 23.4 Å². The van der Waals surface area contributed by atoms with E-state index in [9.17, 15) is 19.6 Å². The Morgan fingerprint density at radius 2 is 1.78 bits per heavy atom. The van der Waals surface area contributed by atoms with Crippen LogP contribution < -0.4 is 5.32 Å².